The maximum absolute atomic E-state index is 12.8. The SMILES string of the molecule is O=C(NO)C(c1ccccc1)c1cccc(C#Cc2cccc(C(F)(F)F)c2)c1. The molecule has 0 radical (unpaired) electrons. The molecular formula is C23H16F3NO2. The molecule has 3 nitrogen and oxygen atoms in total. The van der Waals surface area contributed by atoms with Crippen LogP contribution in [0, 0.1) is 11.8 Å². The zero-order valence-electron chi connectivity index (χ0n) is 15.1. The highest BCUT2D eigenvalue weighted by molar-refractivity contribution is 5.86. The lowest BCUT2D eigenvalue weighted by Gasteiger charge is -2.16. The molecule has 0 aliphatic heterocycles. The van der Waals surface area contributed by atoms with Crippen molar-refractivity contribution in [3.8, 4) is 11.8 Å². The highest BCUT2D eigenvalue weighted by Gasteiger charge is 2.30. The van der Waals surface area contributed by atoms with Crippen LogP contribution >= 0.6 is 0 Å². The van der Waals surface area contributed by atoms with Crippen LogP contribution in [0.5, 0.6) is 0 Å². The average Bonchev–Trinajstić information content (AvgIpc) is 2.73. The van der Waals surface area contributed by atoms with E-state index in [0.717, 1.165) is 12.1 Å². The van der Waals surface area contributed by atoms with Crippen molar-refractivity contribution < 1.29 is 23.2 Å². The van der Waals surface area contributed by atoms with Gasteiger partial charge in [-0.1, -0.05) is 60.4 Å². The van der Waals surface area contributed by atoms with Gasteiger partial charge in [-0.3, -0.25) is 10.0 Å². The molecule has 1 amide bonds. The van der Waals surface area contributed by atoms with Crippen molar-refractivity contribution in [3.05, 3.63) is 107 Å². The summed E-state index contributed by atoms with van der Waals surface area (Å²) in [5, 5.41) is 9.12. The quantitative estimate of drug-likeness (QED) is 0.382. The molecule has 0 saturated heterocycles. The van der Waals surface area contributed by atoms with Crippen LogP contribution in [0.2, 0.25) is 0 Å². The molecule has 0 heterocycles. The lowest BCUT2D eigenvalue weighted by Crippen LogP contribution is -2.27. The van der Waals surface area contributed by atoms with E-state index in [4.69, 9.17) is 5.21 Å². The minimum atomic E-state index is -4.43. The first kappa shape index (κ1) is 20.2. The molecule has 2 N–H and O–H groups in total. The summed E-state index contributed by atoms with van der Waals surface area (Å²) in [6.07, 6.45) is -4.43. The van der Waals surface area contributed by atoms with E-state index in [0.29, 0.717) is 16.7 Å². The lowest BCUT2D eigenvalue weighted by molar-refractivity contribution is -0.137. The molecule has 0 aliphatic carbocycles. The largest absolute Gasteiger partial charge is 0.416 e. The van der Waals surface area contributed by atoms with Gasteiger partial charge in [-0.2, -0.15) is 13.2 Å². The van der Waals surface area contributed by atoms with Crippen LogP contribution in [0.1, 0.15) is 33.7 Å². The van der Waals surface area contributed by atoms with Crippen molar-refractivity contribution in [2.24, 2.45) is 0 Å². The van der Waals surface area contributed by atoms with Gasteiger partial charge in [0.1, 0.15) is 0 Å². The van der Waals surface area contributed by atoms with E-state index in [1.807, 2.05) is 6.07 Å². The number of halogens is 3. The van der Waals surface area contributed by atoms with Crippen molar-refractivity contribution >= 4 is 5.91 Å². The van der Waals surface area contributed by atoms with Gasteiger partial charge in [0.15, 0.2) is 0 Å². The van der Waals surface area contributed by atoms with E-state index in [-0.39, 0.29) is 5.56 Å². The van der Waals surface area contributed by atoms with Crippen LogP contribution in [-0.2, 0) is 11.0 Å². The van der Waals surface area contributed by atoms with Crippen LogP contribution in [0.3, 0.4) is 0 Å². The second-order valence-corrected chi connectivity index (χ2v) is 6.27. The lowest BCUT2D eigenvalue weighted by atomic mass is 9.90. The fourth-order valence-corrected chi connectivity index (χ4v) is 2.92. The number of carbonyl (C=O) groups is 1. The Balaban J connectivity index is 1.94. The van der Waals surface area contributed by atoms with Crippen LogP contribution in [0.4, 0.5) is 13.2 Å². The fourth-order valence-electron chi connectivity index (χ4n) is 2.92. The van der Waals surface area contributed by atoms with Crippen molar-refractivity contribution in [1.82, 2.24) is 5.48 Å². The van der Waals surface area contributed by atoms with Crippen molar-refractivity contribution in [2.45, 2.75) is 12.1 Å². The Morgan fingerprint density at radius 3 is 2.03 bits per heavy atom. The van der Waals surface area contributed by atoms with E-state index >= 15 is 0 Å². The Morgan fingerprint density at radius 2 is 1.41 bits per heavy atom. The Hall–Kier alpha value is -3.56. The summed E-state index contributed by atoms with van der Waals surface area (Å²) in [5.74, 6) is 4.20. The number of rotatable bonds is 3. The first-order chi connectivity index (χ1) is 13.9. The van der Waals surface area contributed by atoms with Gasteiger partial charge in [0, 0.05) is 11.1 Å². The summed E-state index contributed by atoms with van der Waals surface area (Å²) in [6.45, 7) is 0. The van der Waals surface area contributed by atoms with Crippen molar-refractivity contribution in [2.75, 3.05) is 0 Å². The van der Waals surface area contributed by atoms with Crippen molar-refractivity contribution in [3.63, 3.8) is 0 Å². The Labute approximate surface area is 165 Å². The Bertz CT molecular complexity index is 1070. The van der Waals surface area contributed by atoms with Crippen LogP contribution in [0.15, 0.2) is 78.9 Å². The van der Waals surface area contributed by atoms with Crippen LogP contribution < -0.4 is 5.48 Å². The van der Waals surface area contributed by atoms with E-state index in [1.54, 1.807) is 54.0 Å². The third-order valence-corrected chi connectivity index (χ3v) is 4.27. The number of hydrogen-bond donors (Lipinski definition) is 2. The number of nitrogens with one attached hydrogen (secondary N) is 1. The minimum absolute atomic E-state index is 0.234. The summed E-state index contributed by atoms with van der Waals surface area (Å²) < 4.78 is 38.5. The Kier molecular flexibility index (Phi) is 6.01. The molecule has 0 bridgehead atoms. The molecular weight excluding hydrogens is 379 g/mol. The molecule has 1 unspecified atom stereocenters. The highest BCUT2D eigenvalue weighted by atomic mass is 19.4. The molecule has 29 heavy (non-hydrogen) atoms. The van der Waals surface area contributed by atoms with E-state index < -0.39 is 23.6 Å². The van der Waals surface area contributed by atoms with E-state index in [2.05, 4.69) is 11.8 Å². The maximum Gasteiger partial charge on any atom is 0.416 e. The zero-order chi connectivity index (χ0) is 20.9. The topological polar surface area (TPSA) is 49.3 Å². The molecule has 0 aromatic heterocycles. The van der Waals surface area contributed by atoms with Crippen molar-refractivity contribution in [1.29, 1.82) is 0 Å². The predicted octanol–water partition coefficient (Wildman–Crippen LogP) is 4.74. The molecule has 3 rings (SSSR count). The van der Waals surface area contributed by atoms with Gasteiger partial charge >= 0.3 is 6.18 Å². The van der Waals surface area contributed by atoms with Gasteiger partial charge in [0.05, 0.1) is 11.5 Å². The highest BCUT2D eigenvalue weighted by Crippen LogP contribution is 2.29. The molecule has 0 spiro atoms. The van der Waals surface area contributed by atoms with Crippen LogP contribution in [0.25, 0.3) is 0 Å². The molecule has 1 atom stereocenters. The van der Waals surface area contributed by atoms with E-state index in [9.17, 15) is 18.0 Å². The molecule has 3 aromatic carbocycles. The summed E-state index contributed by atoms with van der Waals surface area (Å²) in [7, 11) is 0. The molecule has 3 aromatic rings. The second kappa shape index (κ2) is 8.63. The predicted molar refractivity (Wildman–Crippen MR) is 102 cm³/mol. The summed E-state index contributed by atoms with van der Waals surface area (Å²) in [4.78, 5) is 12.2. The molecule has 0 aliphatic rings. The molecule has 6 heteroatoms. The molecule has 0 fully saturated rings. The first-order valence-corrected chi connectivity index (χ1v) is 8.66. The second-order valence-electron chi connectivity index (χ2n) is 6.27. The third-order valence-electron chi connectivity index (χ3n) is 4.27. The number of amides is 1. The smallest absolute Gasteiger partial charge is 0.289 e. The van der Waals surface area contributed by atoms with E-state index in [1.165, 1.54) is 12.1 Å². The number of hydroxylamine groups is 1. The van der Waals surface area contributed by atoms with Gasteiger partial charge in [-0.15, -0.1) is 0 Å². The third kappa shape index (κ3) is 5.03. The standard InChI is InChI=1S/C23H16F3NO2/c24-23(25,26)20-11-5-7-17(15-20)13-12-16-6-4-10-19(14-16)21(22(28)27-29)18-8-2-1-3-9-18/h1-11,14-15,21,29H,(H,27,28). The van der Waals surface area contributed by atoms with Crippen LogP contribution in [-0.4, -0.2) is 11.1 Å². The monoisotopic (exact) mass is 395 g/mol. The van der Waals surface area contributed by atoms with Gasteiger partial charge in [0.2, 0.25) is 0 Å². The zero-order valence-corrected chi connectivity index (χ0v) is 15.1. The normalized spacial score (nSPS) is 11.9. The number of benzene rings is 3. The molecule has 146 valence electrons. The van der Waals surface area contributed by atoms with Gasteiger partial charge in [0.25, 0.3) is 5.91 Å². The maximum atomic E-state index is 12.8. The first-order valence-electron chi connectivity index (χ1n) is 8.66. The summed E-state index contributed by atoms with van der Waals surface area (Å²) in [5.41, 5.74) is 2.96. The van der Waals surface area contributed by atoms with Gasteiger partial charge in [-0.05, 0) is 41.5 Å². The number of hydrogen-bond acceptors (Lipinski definition) is 2. The fraction of sp³-hybridized carbons (Fsp3) is 0.0870. The summed E-state index contributed by atoms with van der Waals surface area (Å²) in [6, 6.07) is 20.5. The van der Waals surface area contributed by atoms with Gasteiger partial charge in [-0.25, -0.2) is 5.48 Å². The van der Waals surface area contributed by atoms with Gasteiger partial charge < -0.3 is 0 Å². The average molecular weight is 395 g/mol. The summed E-state index contributed by atoms with van der Waals surface area (Å²) >= 11 is 0. The minimum Gasteiger partial charge on any atom is -0.289 e. The number of alkyl halides is 3. The number of carbonyl (C=O) groups excluding carboxylic acids is 1. The molecule has 0 saturated carbocycles. The Morgan fingerprint density at radius 1 is 0.828 bits per heavy atom.